The summed E-state index contributed by atoms with van der Waals surface area (Å²) in [7, 11) is 0. The van der Waals surface area contributed by atoms with Crippen LogP contribution in [0.1, 0.15) is 25.8 Å². The highest BCUT2D eigenvalue weighted by atomic mass is 16.2. The van der Waals surface area contributed by atoms with E-state index in [4.69, 9.17) is 0 Å². The van der Waals surface area contributed by atoms with Crippen LogP contribution in [0.25, 0.3) is 0 Å². The number of amides is 1. The standard InChI is InChI=1S/C14H21N3O/c1-3-17(10-12-4-7-15-8-5-12)14(18)13-6-9-16-11(13)2/h4-5,7-8,11,13,16H,3,6,9-10H2,1-2H3. The van der Waals surface area contributed by atoms with Crippen LogP contribution in [0.2, 0.25) is 0 Å². The van der Waals surface area contributed by atoms with E-state index in [2.05, 4.69) is 17.2 Å². The second-order valence-electron chi connectivity index (χ2n) is 4.85. The fourth-order valence-corrected chi connectivity index (χ4v) is 2.48. The molecule has 0 spiro atoms. The summed E-state index contributed by atoms with van der Waals surface area (Å²) in [6.45, 7) is 6.51. The average Bonchev–Trinajstić information content (AvgIpc) is 2.82. The Hall–Kier alpha value is -1.42. The Labute approximate surface area is 108 Å². The third-order valence-electron chi connectivity index (χ3n) is 3.66. The van der Waals surface area contributed by atoms with E-state index in [1.54, 1.807) is 12.4 Å². The minimum absolute atomic E-state index is 0.131. The van der Waals surface area contributed by atoms with Crippen molar-refractivity contribution in [2.24, 2.45) is 5.92 Å². The minimum Gasteiger partial charge on any atom is -0.338 e. The summed E-state index contributed by atoms with van der Waals surface area (Å²) in [6, 6.07) is 4.22. The van der Waals surface area contributed by atoms with Crippen molar-refractivity contribution >= 4 is 5.91 Å². The van der Waals surface area contributed by atoms with Gasteiger partial charge < -0.3 is 10.2 Å². The van der Waals surface area contributed by atoms with Crippen molar-refractivity contribution < 1.29 is 4.79 Å². The fourth-order valence-electron chi connectivity index (χ4n) is 2.48. The van der Waals surface area contributed by atoms with Crippen LogP contribution >= 0.6 is 0 Å². The normalized spacial score (nSPS) is 23.0. The molecule has 1 aliphatic heterocycles. The zero-order chi connectivity index (χ0) is 13.0. The van der Waals surface area contributed by atoms with Gasteiger partial charge in [0.25, 0.3) is 0 Å². The lowest BCUT2D eigenvalue weighted by Crippen LogP contribution is -2.39. The van der Waals surface area contributed by atoms with E-state index >= 15 is 0 Å². The summed E-state index contributed by atoms with van der Waals surface area (Å²) in [5.41, 5.74) is 1.14. The summed E-state index contributed by atoms with van der Waals surface area (Å²) >= 11 is 0. The van der Waals surface area contributed by atoms with E-state index in [1.807, 2.05) is 24.0 Å². The highest BCUT2D eigenvalue weighted by Crippen LogP contribution is 2.19. The minimum atomic E-state index is 0.131. The molecule has 1 amide bonds. The van der Waals surface area contributed by atoms with Crippen molar-refractivity contribution in [3.8, 4) is 0 Å². The molecule has 98 valence electrons. The molecule has 0 saturated carbocycles. The van der Waals surface area contributed by atoms with Crippen molar-refractivity contribution in [2.75, 3.05) is 13.1 Å². The van der Waals surface area contributed by atoms with Crippen LogP contribution in [0.4, 0.5) is 0 Å². The molecule has 1 N–H and O–H groups in total. The number of aromatic nitrogens is 1. The quantitative estimate of drug-likeness (QED) is 0.875. The second kappa shape index (κ2) is 5.96. The molecule has 0 bridgehead atoms. The maximum absolute atomic E-state index is 12.5. The molecule has 2 heterocycles. The number of nitrogens with one attached hydrogen (secondary N) is 1. The van der Waals surface area contributed by atoms with Gasteiger partial charge in [0.2, 0.25) is 5.91 Å². The lowest BCUT2D eigenvalue weighted by atomic mass is 10.00. The second-order valence-corrected chi connectivity index (χ2v) is 4.85. The Bertz CT molecular complexity index is 393. The molecule has 4 heteroatoms. The zero-order valence-corrected chi connectivity index (χ0v) is 11.1. The van der Waals surface area contributed by atoms with Crippen molar-refractivity contribution in [1.29, 1.82) is 0 Å². The summed E-state index contributed by atoms with van der Waals surface area (Å²) in [6.07, 6.45) is 4.49. The Morgan fingerprint density at radius 3 is 2.78 bits per heavy atom. The molecule has 2 atom stereocenters. The van der Waals surface area contributed by atoms with Gasteiger partial charge in [0.1, 0.15) is 0 Å². The van der Waals surface area contributed by atoms with Gasteiger partial charge in [0, 0.05) is 31.5 Å². The molecule has 1 aliphatic rings. The van der Waals surface area contributed by atoms with Gasteiger partial charge in [-0.25, -0.2) is 0 Å². The summed E-state index contributed by atoms with van der Waals surface area (Å²) < 4.78 is 0. The number of carbonyl (C=O) groups excluding carboxylic acids is 1. The first kappa shape index (κ1) is 13.0. The van der Waals surface area contributed by atoms with Gasteiger partial charge in [-0.3, -0.25) is 9.78 Å². The fraction of sp³-hybridized carbons (Fsp3) is 0.571. The van der Waals surface area contributed by atoms with Crippen LogP contribution in [0.5, 0.6) is 0 Å². The summed E-state index contributed by atoms with van der Waals surface area (Å²) in [4.78, 5) is 18.4. The number of hydrogen-bond donors (Lipinski definition) is 1. The SMILES string of the molecule is CCN(Cc1ccncc1)C(=O)C1CCNC1C. The molecule has 1 fully saturated rings. The van der Waals surface area contributed by atoms with Crippen LogP contribution in [-0.4, -0.2) is 34.9 Å². The molecule has 0 aromatic carbocycles. The van der Waals surface area contributed by atoms with Gasteiger partial charge in [-0.05, 0) is 44.5 Å². The predicted molar refractivity (Wildman–Crippen MR) is 70.9 cm³/mol. The first-order valence-corrected chi connectivity index (χ1v) is 6.63. The average molecular weight is 247 g/mol. The van der Waals surface area contributed by atoms with Gasteiger partial charge in [-0.15, -0.1) is 0 Å². The van der Waals surface area contributed by atoms with Gasteiger partial charge in [0.05, 0.1) is 5.92 Å². The molecule has 4 nitrogen and oxygen atoms in total. The van der Waals surface area contributed by atoms with Gasteiger partial charge in [-0.1, -0.05) is 0 Å². The lowest BCUT2D eigenvalue weighted by Gasteiger charge is -2.26. The third-order valence-corrected chi connectivity index (χ3v) is 3.66. The number of pyridine rings is 1. The lowest BCUT2D eigenvalue weighted by molar-refractivity contribution is -0.136. The maximum Gasteiger partial charge on any atom is 0.227 e. The van der Waals surface area contributed by atoms with Gasteiger partial charge in [0.15, 0.2) is 0 Å². The predicted octanol–water partition coefficient (Wildman–Crippen LogP) is 1.43. The first-order valence-electron chi connectivity index (χ1n) is 6.63. The Morgan fingerprint density at radius 1 is 1.50 bits per heavy atom. The van der Waals surface area contributed by atoms with Crippen LogP contribution < -0.4 is 5.32 Å². The third kappa shape index (κ3) is 2.88. The molecule has 0 aliphatic carbocycles. The first-order chi connectivity index (χ1) is 8.72. The number of carbonyl (C=O) groups is 1. The zero-order valence-electron chi connectivity index (χ0n) is 11.1. The molecule has 1 saturated heterocycles. The van der Waals surface area contributed by atoms with Crippen molar-refractivity contribution in [1.82, 2.24) is 15.2 Å². The highest BCUT2D eigenvalue weighted by Gasteiger charge is 2.32. The molecular weight excluding hydrogens is 226 g/mol. The van der Waals surface area contributed by atoms with Crippen molar-refractivity contribution in [3.63, 3.8) is 0 Å². The highest BCUT2D eigenvalue weighted by molar-refractivity contribution is 5.79. The van der Waals surface area contributed by atoms with Crippen LogP contribution in [0.3, 0.4) is 0 Å². The smallest absolute Gasteiger partial charge is 0.227 e. The largest absolute Gasteiger partial charge is 0.338 e. The van der Waals surface area contributed by atoms with Crippen LogP contribution in [-0.2, 0) is 11.3 Å². The van der Waals surface area contributed by atoms with E-state index in [1.165, 1.54) is 0 Å². The van der Waals surface area contributed by atoms with Crippen LogP contribution in [0.15, 0.2) is 24.5 Å². The van der Waals surface area contributed by atoms with E-state index in [9.17, 15) is 4.79 Å². The number of hydrogen-bond acceptors (Lipinski definition) is 3. The van der Waals surface area contributed by atoms with Crippen molar-refractivity contribution in [2.45, 2.75) is 32.9 Å². The molecule has 1 aromatic heterocycles. The van der Waals surface area contributed by atoms with E-state index in [-0.39, 0.29) is 11.8 Å². The Kier molecular flexibility index (Phi) is 4.31. The van der Waals surface area contributed by atoms with Crippen LogP contribution in [0, 0.1) is 5.92 Å². The summed E-state index contributed by atoms with van der Waals surface area (Å²) in [5, 5.41) is 3.34. The molecular formula is C14H21N3O. The molecule has 1 aromatic rings. The Balaban J connectivity index is 2.02. The molecule has 0 radical (unpaired) electrons. The van der Waals surface area contributed by atoms with E-state index in [0.717, 1.165) is 25.1 Å². The Morgan fingerprint density at radius 2 is 2.22 bits per heavy atom. The molecule has 2 rings (SSSR count). The number of rotatable bonds is 4. The van der Waals surface area contributed by atoms with E-state index in [0.29, 0.717) is 12.6 Å². The van der Waals surface area contributed by atoms with Crippen molar-refractivity contribution in [3.05, 3.63) is 30.1 Å². The van der Waals surface area contributed by atoms with E-state index < -0.39 is 0 Å². The van der Waals surface area contributed by atoms with Gasteiger partial charge >= 0.3 is 0 Å². The monoisotopic (exact) mass is 247 g/mol. The summed E-state index contributed by atoms with van der Waals surface area (Å²) in [5.74, 6) is 0.401. The maximum atomic E-state index is 12.5. The molecule has 18 heavy (non-hydrogen) atoms. The van der Waals surface area contributed by atoms with Gasteiger partial charge in [-0.2, -0.15) is 0 Å². The topological polar surface area (TPSA) is 45.2 Å². The number of nitrogens with zero attached hydrogens (tertiary/aromatic N) is 2. The molecule has 2 unspecified atom stereocenters.